The maximum Gasteiger partial charge on any atom is 0.157 e. The van der Waals surface area contributed by atoms with Crippen LogP contribution in [0.2, 0.25) is 20.1 Å². The molecule has 0 aliphatic rings. The Kier molecular flexibility index (Phi) is 6.63. The highest BCUT2D eigenvalue weighted by molar-refractivity contribution is 6.37. The zero-order valence-corrected chi connectivity index (χ0v) is 21.0. The smallest absolute Gasteiger partial charge is 0.157 e. The van der Waals surface area contributed by atoms with Crippen LogP contribution >= 0.6 is 46.4 Å². The Morgan fingerprint density at radius 1 is 0.629 bits per heavy atom. The molecule has 35 heavy (non-hydrogen) atoms. The van der Waals surface area contributed by atoms with Gasteiger partial charge in [-0.05, 0) is 72.8 Å². The lowest BCUT2D eigenvalue weighted by molar-refractivity contribution is 0.552. The normalized spacial score (nSPS) is 11.0. The summed E-state index contributed by atoms with van der Waals surface area (Å²) in [6.45, 7) is 0. The number of nitrogens with zero attached hydrogens (tertiary/aromatic N) is 1. The number of halogens is 4. The Labute approximate surface area is 221 Å². The predicted molar refractivity (Wildman–Crippen MR) is 144 cm³/mol. The third-order valence-corrected chi connectivity index (χ3v) is 6.34. The highest BCUT2D eigenvalue weighted by Gasteiger charge is 2.20. The van der Waals surface area contributed by atoms with E-state index in [0.29, 0.717) is 71.3 Å². The van der Waals surface area contributed by atoms with Crippen molar-refractivity contribution in [1.82, 2.24) is 0 Å². The molecule has 0 atom stereocenters. The molecular weight excluding hydrogens is 526 g/mol. The summed E-state index contributed by atoms with van der Waals surface area (Å²) in [7, 11) is 0. The summed E-state index contributed by atoms with van der Waals surface area (Å²) < 4.78 is 12.3. The first-order valence-corrected chi connectivity index (χ1v) is 11.9. The van der Waals surface area contributed by atoms with Crippen LogP contribution in [0.15, 0.2) is 98.8 Å². The first kappa shape index (κ1) is 23.6. The van der Waals surface area contributed by atoms with Gasteiger partial charge in [-0.2, -0.15) is 0 Å². The molecular formula is C27H16Cl4N2O2. The van der Waals surface area contributed by atoms with Crippen LogP contribution in [0.4, 0.5) is 11.4 Å². The summed E-state index contributed by atoms with van der Waals surface area (Å²) in [4.78, 5) is 4.78. The van der Waals surface area contributed by atoms with Gasteiger partial charge in [0.2, 0.25) is 0 Å². The Balaban J connectivity index is 1.61. The molecule has 0 saturated heterocycles. The molecule has 2 N–H and O–H groups in total. The number of nitrogens with two attached hydrogens (primary N) is 1. The zero-order valence-electron chi connectivity index (χ0n) is 17.9. The minimum Gasteiger partial charge on any atom is -0.454 e. The summed E-state index contributed by atoms with van der Waals surface area (Å²) in [6.07, 6.45) is 0. The number of anilines is 1. The summed E-state index contributed by atoms with van der Waals surface area (Å²) in [6, 6.07) is 24.9. The van der Waals surface area contributed by atoms with E-state index < -0.39 is 0 Å². The number of furan rings is 2. The van der Waals surface area contributed by atoms with Crippen molar-refractivity contribution in [3.63, 3.8) is 0 Å². The third kappa shape index (κ3) is 4.97. The number of nitrogen functional groups attached to an aromatic ring is 1. The average molecular weight is 542 g/mol. The minimum absolute atomic E-state index is 0.454. The van der Waals surface area contributed by atoms with Gasteiger partial charge in [-0.3, -0.25) is 0 Å². The summed E-state index contributed by atoms with van der Waals surface area (Å²) in [5.74, 6) is 2.06. The minimum atomic E-state index is 0.454. The van der Waals surface area contributed by atoms with Crippen LogP contribution in [-0.4, -0.2) is 5.71 Å². The van der Waals surface area contributed by atoms with Gasteiger partial charge in [0.15, 0.2) is 11.5 Å². The third-order valence-electron chi connectivity index (χ3n) is 5.24. The number of rotatable bonds is 5. The first-order chi connectivity index (χ1) is 16.9. The molecule has 0 aliphatic heterocycles. The highest BCUT2D eigenvalue weighted by Crippen LogP contribution is 2.35. The lowest BCUT2D eigenvalue weighted by Gasteiger charge is -2.05. The monoisotopic (exact) mass is 540 g/mol. The van der Waals surface area contributed by atoms with Crippen molar-refractivity contribution in [1.29, 1.82) is 0 Å². The molecule has 0 radical (unpaired) electrons. The van der Waals surface area contributed by atoms with Crippen LogP contribution in [0.3, 0.4) is 0 Å². The fourth-order valence-corrected chi connectivity index (χ4v) is 4.54. The van der Waals surface area contributed by atoms with Gasteiger partial charge in [0.25, 0.3) is 0 Å². The summed E-state index contributed by atoms with van der Waals surface area (Å²) >= 11 is 24.9. The molecule has 0 saturated carbocycles. The standard InChI is InChI=1S/C27H16Cl4N2O2/c28-15-5-7-17(19(30)13-15)23-9-11-25(34-23)27(33-22-4-2-1-3-21(22)32)26-12-10-24(35-26)18-8-6-16(29)14-20(18)31/h1-14H,32H2. The van der Waals surface area contributed by atoms with E-state index in [2.05, 4.69) is 0 Å². The van der Waals surface area contributed by atoms with Crippen molar-refractivity contribution in [2.75, 3.05) is 5.73 Å². The first-order valence-electron chi connectivity index (χ1n) is 10.4. The molecule has 3 aromatic carbocycles. The maximum absolute atomic E-state index is 6.39. The lowest BCUT2D eigenvalue weighted by atomic mass is 10.1. The van der Waals surface area contributed by atoms with Gasteiger partial charge >= 0.3 is 0 Å². The van der Waals surface area contributed by atoms with E-state index in [0.717, 1.165) is 0 Å². The molecule has 0 spiro atoms. The van der Waals surface area contributed by atoms with E-state index in [1.165, 1.54) is 0 Å². The Bertz CT molecular complexity index is 1480. The molecule has 174 valence electrons. The maximum atomic E-state index is 6.39. The van der Waals surface area contributed by atoms with E-state index >= 15 is 0 Å². The number of aliphatic imine (C=N–C) groups is 1. The molecule has 2 heterocycles. The second-order valence-electron chi connectivity index (χ2n) is 7.60. The molecule has 0 amide bonds. The fraction of sp³-hybridized carbons (Fsp3) is 0. The van der Waals surface area contributed by atoms with E-state index in [-0.39, 0.29) is 0 Å². The van der Waals surface area contributed by atoms with Gasteiger partial charge in [0, 0.05) is 21.2 Å². The van der Waals surface area contributed by atoms with Crippen molar-refractivity contribution < 1.29 is 8.83 Å². The highest BCUT2D eigenvalue weighted by atomic mass is 35.5. The van der Waals surface area contributed by atoms with Gasteiger partial charge in [-0.25, -0.2) is 4.99 Å². The van der Waals surface area contributed by atoms with Crippen molar-refractivity contribution in [3.8, 4) is 22.6 Å². The Hall–Kier alpha value is -3.15. The number of benzene rings is 3. The zero-order chi connectivity index (χ0) is 24.5. The predicted octanol–water partition coefficient (Wildman–Crippen LogP) is 9.57. The summed E-state index contributed by atoms with van der Waals surface area (Å²) in [5, 5.41) is 2.02. The molecule has 0 fully saturated rings. The quantitative estimate of drug-likeness (QED) is 0.178. The SMILES string of the molecule is Nc1ccccc1N=C(c1ccc(-c2ccc(Cl)cc2Cl)o1)c1ccc(-c2ccc(Cl)cc2Cl)o1. The van der Waals surface area contributed by atoms with Crippen LogP contribution in [-0.2, 0) is 0 Å². The van der Waals surface area contributed by atoms with Gasteiger partial charge < -0.3 is 14.6 Å². The van der Waals surface area contributed by atoms with Crippen LogP contribution in [0, 0.1) is 0 Å². The van der Waals surface area contributed by atoms with Gasteiger partial charge in [-0.15, -0.1) is 0 Å². The number of hydrogen-bond donors (Lipinski definition) is 1. The van der Waals surface area contributed by atoms with Gasteiger partial charge in [-0.1, -0.05) is 58.5 Å². The molecule has 2 aromatic heterocycles. The largest absolute Gasteiger partial charge is 0.454 e. The number of hydrogen-bond acceptors (Lipinski definition) is 4. The van der Waals surface area contributed by atoms with E-state index in [1.54, 1.807) is 54.6 Å². The molecule has 0 bridgehead atoms. The van der Waals surface area contributed by atoms with Crippen molar-refractivity contribution in [2.45, 2.75) is 0 Å². The van der Waals surface area contributed by atoms with Gasteiger partial charge in [0.1, 0.15) is 17.2 Å². The van der Waals surface area contributed by atoms with Crippen molar-refractivity contribution in [2.24, 2.45) is 4.99 Å². The lowest BCUT2D eigenvalue weighted by Crippen LogP contribution is -2.00. The van der Waals surface area contributed by atoms with Crippen LogP contribution in [0.25, 0.3) is 22.6 Å². The van der Waals surface area contributed by atoms with Crippen LogP contribution in [0.1, 0.15) is 11.5 Å². The average Bonchev–Trinajstić information content (AvgIpc) is 3.49. The van der Waals surface area contributed by atoms with E-state index in [1.807, 2.05) is 30.3 Å². The molecule has 5 rings (SSSR count). The molecule has 0 unspecified atom stereocenters. The van der Waals surface area contributed by atoms with Crippen LogP contribution < -0.4 is 5.73 Å². The Morgan fingerprint density at radius 3 is 1.63 bits per heavy atom. The topological polar surface area (TPSA) is 64.7 Å². The van der Waals surface area contributed by atoms with Gasteiger partial charge in [0.05, 0.1) is 21.4 Å². The van der Waals surface area contributed by atoms with Crippen molar-refractivity contribution >= 4 is 63.5 Å². The molecule has 8 heteroatoms. The number of para-hydroxylation sites is 2. The van der Waals surface area contributed by atoms with Crippen LogP contribution in [0.5, 0.6) is 0 Å². The Morgan fingerprint density at radius 2 is 1.14 bits per heavy atom. The molecule has 4 nitrogen and oxygen atoms in total. The van der Waals surface area contributed by atoms with Crippen molar-refractivity contribution in [3.05, 3.63) is 117 Å². The van der Waals surface area contributed by atoms with E-state index in [9.17, 15) is 0 Å². The molecule has 5 aromatic rings. The fourth-order valence-electron chi connectivity index (χ4n) is 3.54. The van der Waals surface area contributed by atoms with E-state index in [4.69, 9.17) is 66.0 Å². The second-order valence-corrected chi connectivity index (χ2v) is 9.28. The second kappa shape index (κ2) is 9.84. The molecule has 0 aliphatic carbocycles. The summed E-state index contributed by atoms with van der Waals surface area (Å²) in [5.41, 5.74) is 9.11.